The summed E-state index contributed by atoms with van der Waals surface area (Å²) in [5.41, 5.74) is -4.09. The van der Waals surface area contributed by atoms with Crippen LogP contribution < -0.4 is 4.74 Å². The van der Waals surface area contributed by atoms with Gasteiger partial charge < -0.3 is 24.8 Å². The van der Waals surface area contributed by atoms with Crippen LogP contribution in [0.3, 0.4) is 0 Å². The number of aromatic carboxylic acids is 3. The molecule has 1 aromatic rings. The van der Waals surface area contributed by atoms with E-state index >= 15 is 0 Å². The maximum Gasteiger partial charge on any atom is 0.342 e. The van der Waals surface area contributed by atoms with Crippen LogP contribution in [0.15, 0.2) is 12.7 Å². The first-order valence-electron chi connectivity index (χ1n) is 6.97. The summed E-state index contributed by atoms with van der Waals surface area (Å²) in [5, 5.41) is 28.3. The summed E-state index contributed by atoms with van der Waals surface area (Å²) in [6, 6.07) is 0. The molecule has 0 aliphatic rings. The number of hydrogen-bond donors (Lipinski definition) is 3. The van der Waals surface area contributed by atoms with Crippen molar-refractivity contribution in [2.24, 2.45) is 0 Å². The van der Waals surface area contributed by atoms with Crippen LogP contribution in [-0.2, 0) is 16.0 Å². The van der Waals surface area contributed by atoms with Crippen LogP contribution in [-0.4, -0.2) is 52.3 Å². The highest BCUT2D eigenvalue weighted by molar-refractivity contribution is 6.14. The molecular formula is C16H14O10. The van der Waals surface area contributed by atoms with Crippen LogP contribution in [0.25, 0.3) is 0 Å². The number of carbonyl (C=O) groups excluding carboxylic acids is 2. The SMILES string of the molecule is C=CC(=O)Oc1c(C(=O)O)c(C(=O)O)c(CC)c(C(=O)O)c1C(=O)OC. The Balaban J connectivity index is 4.29. The minimum atomic E-state index is -1.84. The highest BCUT2D eigenvalue weighted by Crippen LogP contribution is 2.36. The average molecular weight is 366 g/mol. The zero-order chi connectivity index (χ0) is 20.2. The third-order valence-corrected chi connectivity index (χ3v) is 3.31. The molecule has 3 N–H and O–H groups in total. The van der Waals surface area contributed by atoms with Crippen molar-refractivity contribution >= 4 is 29.8 Å². The molecule has 0 saturated heterocycles. The Morgan fingerprint density at radius 1 is 0.923 bits per heavy atom. The fourth-order valence-electron chi connectivity index (χ4n) is 2.35. The van der Waals surface area contributed by atoms with Crippen molar-refractivity contribution < 1.29 is 48.8 Å². The summed E-state index contributed by atoms with van der Waals surface area (Å²) in [6.07, 6.45) is 0.393. The number of methoxy groups -OCH3 is 1. The summed E-state index contributed by atoms with van der Waals surface area (Å²) < 4.78 is 9.18. The van der Waals surface area contributed by atoms with Crippen molar-refractivity contribution in [3.63, 3.8) is 0 Å². The molecule has 0 aliphatic heterocycles. The molecule has 1 rings (SSSR count). The molecule has 0 spiro atoms. The third-order valence-electron chi connectivity index (χ3n) is 3.31. The normalized spacial score (nSPS) is 9.92. The predicted molar refractivity (Wildman–Crippen MR) is 83.9 cm³/mol. The molecular weight excluding hydrogens is 352 g/mol. The molecule has 10 nitrogen and oxygen atoms in total. The summed E-state index contributed by atoms with van der Waals surface area (Å²) in [6.45, 7) is 4.48. The molecule has 0 heterocycles. The molecule has 0 atom stereocenters. The van der Waals surface area contributed by atoms with Gasteiger partial charge in [0.05, 0.1) is 18.2 Å². The summed E-state index contributed by atoms with van der Waals surface area (Å²) in [5.74, 6) is -8.92. The Labute approximate surface area is 146 Å². The lowest BCUT2D eigenvalue weighted by Gasteiger charge is -2.19. The van der Waals surface area contributed by atoms with Crippen molar-refractivity contribution in [1.82, 2.24) is 0 Å². The maximum atomic E-state index is 12.1. The number of carbonyl (C=O) groups is 5. The van der Waals surface area contributed by atoms with Gasteiger partial charge in [-0.3, -0.25) is 0 Å². The molecule has 0 aliphatic carbocycles. The van der Waals surface area contributed by atoms with E-state index in [-0.39, 0.29) is 6.42 Å². The van der Waals surface area contributed by atoms with Gasteiger partial charge in [0, 0.05) is 6.08 Å². The van der Waals surface area contributed by atoms with E-state index in [1.807, 2.05) is 0 Å². The largest absolute Gasteiger partial charge is 0.478 e. The molecule has 0 saturated carbocycles. The van der Waals surface area contributed by atoms with Crippen molar-refractivity contribution in [3.8, 4) is 5.75 Å². The quantitative estimate of drug-likeness (QED) is 0.363. The van der Waals surface area contributed by atoms with Gasteiger partial charge in [-0.1, -0.05) is 13.5 Å². The van der Waals surface area contributed by atoms with Gasteiger partial charge in [-0.15, -0.1) is 0 Å². The molecule has 0 amide bonds. The third kappa shape index (κ3) is 3.53. The first-order valence-corrected chi connectivity index (χ1v) is 6.97. The van der Waals surface area contributed by atoms with Gasteiger partial charge in [0.2, 0.25) is 0 Å². The molecule has 1 aromatic carbocycles. The van der Waals surface area contributed by atoms with Crippen LogP contribution in [0.1, 0.15) is 53.9 Å². The Morgan fingerprint density at radius 3 is 1.73 bits per heavy atom. The Bertz CT molecular complexity index is 834. The molecule has 0 radical (unpaired) electrons. The zero-order valence-electron chi connectivity index (χ0n) is 13.7. The average Bonchev–Trinajstić information content (AvgIpc) is 2.58. The molecule has 0 bridgehead atoms. The minimum absolute atomic E-state index is 0.233. The molecule has 0 fully saturated rings. The predicted octanol–water partition coefficient (Wildman–Crippen LogP) is 1.22. The number of hydrogen-bond acceptors (Lipinski definition) is 7. The summed E-state index contributed by atoms with van der Waals surface area (Å²) in [7, 11) is 0.893. The van der Waals surface area contributed by atoms with Gasteiger partial charge in [0.25, 0.3) is 0 Å². The van der Waals surface area contributed by atoms with Crippen LogP contribution in [0.5, 0.6) is 5.75 Å². The number of carboxylic acids is 3. The first kappa shape index (κ1) is 20.4. The number of carboxylic acid groups (broad SMARTS) is 3. The second-order valence-corrected chi connectivity index (χ2v) is 4.69. The number of ether oxygens (including phenoxy) is 2. The van der Waals surface area contributed by atoms with Gasteiger partial charge in [-0.05, 0) is 12.0 Å². The van der Waals surface area contributed by atoms with Crippen LogP contribution in [0.4, 0.5) is 0 Å². The van der Waals surface area contributed by atoms with Crippen LogP contribution >= 0.6 is 0 Å². The van der Waals surface area contributed by atoms with E-state index in [2.05, 4.69) is 11.3 Å². The Kier molecular flexibility index (Phi) is 6.20. The molecule has 0 unspecified atom stereocenters. The highest BCUT2D eigenvalue weighted by atomic mass is 16.5. The van der Waals surface area contributed by atoms with Gasteiger partial charge in [-0.2, -0.15) is 0 Å². The second-order valence-electron chi connectivity index (χ2n) is 4.69. The van der Waals surface area contributed by atoms with Gasteiger partial charge >= 0.3 is 29.8 Å². The minimum Gasteiger partial charge on any atom is -0.478 e. The fraction of sp³-hybridized carbons (Fsp3) is 0.188. The molecule has 0 aromatic heterocycles. The lowest BCUT2D eigenvalue weighted by Crippen LogP contribution is -2.24. The fourth-order valence-corrected chi connectivity index (χ4v) is 2.35. The standard InChI is InChI=1S/C16H14O10/c1-4-6-8(13(18)19)10(15(22)23)12(26-7(17)5-2)11(16(24)25-3)9(6)14(20)21/h5H,2,4H2,1,3H3,(H,18,19)(H,20,21)(H,22,23). The monoisotopic (exact) mass is 366 g/mol. The zero-order valence-corrected chi connectivity index (χ0v) is 13.7. The van der Waals surface area contributed by atoms with E-state index in [4.69, 9.17) is 4.74 Å². The maximum absolute atomic E-state index is 12.1. The Morgan fingerprint density at radius 2 is 1.38 bits per heavy atom. The van der Waals surface area contributed by atoms with Gasteiger partial charge in [0.15, 0.2) is 5.75 Å². The van der Waals surface area contributed by atoms with Gasteiger partial charge in [-0.25, -0.2) is 24.0 Å². The van der Waals surface area contributed by atoms with E-state index < -0.39 is 63.4 Å². The number of esters is 2. The summed E-state index contributed by atoms with van der Waals surface area (Å²) >= 11 is 0. The second kappa shape index (κ2) is 7.92. The highest BCUT2D eigenvalue weighted by Gasteiger charge is 2.37. The van der Waals surface area contributed by atoms with E-state index in [0.29, 0.717) is 6.08 Å². The van der Waals surface area contributed by atoms with Crippen LogP contribution in [0.2, 0.25) is 0 Å². The lowest BCUT2D eigenvalue weighted by molar-refractivity contribution is -0.129. The molecule has 138 valence electrons. The first-order chi connectivity index (χ1) is 12.1. The van der Waals surface area contributed by atoms with Crippen molar-refractivity contribution in [2.45, 2.75) is 13.3 Å². The van der Waals surface area contributed by atoms with Crippen molar-refractivity contribution in [1.29, 1.82) is 0 Å². The van der Waals surface area contributed by atoms with E-state index in [9.17, 15) is 39.3 Å². The summed E-state index contributed by atoms with van der Waals surface area (Å²) in [4.78, 5) is 58.6. The van der Waals surface area contributed by atoms with E-state index in [1.54, 1.807) is 0 Å². The topological polar surface area (TPSA) is 164 Å². The molecule has 26 heavy (non-hydrogen) atoms. The number of benzene rings is 1. The van der Waals surface area contributed by atoms with Crippen LogP contribution in [0, 0.1) is 0 Å². The number of rotatable bonds is 7. The smallest absolute Gasteiger partial charge is 0.342 e. The van der Waals surface area contributed by atoms with E-state index in [1.165, 1.54) is 6.92 Å². The van der Waals surface area contributed by atoms with Gasteiger partial charge in [0.1, 0.15) is 11.1 Å². The van der Waals surface area contributed by atoms with E-state index in [0.717, 1.165) is 7.11 Å². The van der Waals surface area contributed by atoms with Crippen molar-refractivity contribution in [3.05, 3.63) is 40.5 Å². The van der Waals surface area contributed by atoms with Crippen molar-refractivity contribution in [2.75, 3.05) is 7.11 Å². The Hall–Kier alpha value is -3.69. The lowest BCUT2D eigenvalue weighted by atomic mass is 9.88. The molecule has 10 heteroatoms.